The van der Waals surface area contributed by atoms with Crippen LogP contribution in [0.25, 0.3) is 0 Å². The molecule has 282 valence electrons. The van der Waals surface area contributed by atoms with E-state index in [1.807, 2.05) is 44.3 Å². The van der Waals surface area contributed by atoms with Crippen molar-refractivity contribution < 1.29 is 14.4 Å². The lowest BCUT2D eigenvalue weighted by Crippen LogP contribution is -2.61. The van der Waals surface area contributed by atoms with Gasteiger partial charge in [-0.15, -0.1) is 0 Å². The highest BCUT2D eigenvalue weighted by Gasteiger charge is 2.53. The van der Waals surface area contributed by atoms with Gasteiger partial charge in [0.05, 0.1) is 23.4 Å². The summed E-state index contributed by atoms with van der Waals surface area (Å²) in [4.78, 5) is 34.7. The van der Waals surface area contributed by atoms with Crippen molar-refractivity contribution in [3.63, 3.8) is 0 Å². The van der Waals surface area contributed by atoms with E-state index in [2.05, 4.69) is 52.1 Å². The summed E-state index contributed by atoms with van der Waals surface area (Å²) in [5.41, 5.74) is 9.24. The van der Waals surface area contributed by atoms with Gasteiger partial charge in [-0.2, -0.15) is 23.5 Å². The van der Waals surface area contributed by atoms with Crippen molar-refractivity contribution in [1.82, 2.24) is 37.0 Å². The van der Waals surface area contributed by atoms with E-state index in [9.17, 15) is 14.4 Å². The van der Waals surface area contributed by atoms with Gasteiger partial charge < -0.3 is 37.7 Å². The van der Waals surface area contributed by atoms with E-state index in [1.54, 1.807) is 0 Å². The molecule has 49 heavy (non-hydrogen) atoms. The molecule has 0 aromatic rings. The maximum atomic E-state index is 12.2. The third kappa shape index (κ3) is 13.4. The van der Waals surface area contributed by atoms with Gasteiger partial charge in [0.25, 0.3) is 0 Å². The molecule has 13 nitrogen and oxygen atoms in total. The topological polar surface area (TPSA) is 205 Å². The minimum Gasteiger partial charge on any atom is -0.366 e. The number of fused-ring (bicyclic) bond motifs is 2. The number of nitrogens with two attached hydrogens (primary N) is 3. The SMILES string of the molecule is C=C(CCCCC1SC[C@@H]2NC(=O)N[C@]12N)NN.C=C1N[C@@H]2C(CCCCC(=O)N(N)CCCCCCNC(=O)CC)SC[C@]2(C)N1.CC. The number of allylic oxidation sites excluding steroid dienone is 1. The number of hydrogen-bond acceptors (Lipinski definition) is 11. The zero-order valence-corrected chi connectivity index (χ0v) is 32.1. The molecule has 0 aromatic heterocycles. The molecule has 4 aliphatic heterocycles. The van der Waals surface area contributed by atoms with E-state index in [0.717, 1.165) is 100 Å². The molecule has 4 heterocycles. The molecule has 4 aliphatic rings. The first kappa shape index (κ1) is 42.8. The molecule has 0 spiro atoms. The molecule has 12 N–H and O–H groups in total. The average Bonchev–Trinajstić information content (AvgIpc) is 3.75. The minimum absolute atomic E-state index is 0.0400. The second-order valence-corrected chi connectivity index (χ2v) is 15.8. The molecule has 0 bridgehead atoms. The number of carbonyl (C=O) groups is 3. The van der Waals surface area contributed by atoms with Crippen LogP contribution in [0.4, 0.5) is 4.79 Å². The number of unbranched alkanes of at least 4 members (excludes halogenated alkanes) is 5. The lowest BCUT2D eigenvalue weighted by Gasteiger charge is -2.29. The first-order chi connectivity index (χ1) is 23.4. The van der Waals surface area contributed by atoms with E-state index in [1.165, 1.54) is 5.01 Å². The lowest BCUT2D eigenvalue weighted by atomic mass is 9.92. The van der Waals surface area contributed by atoms with Crippen LogP contribution in [0.5, 0.6) is 0 Å². The Kier molecular flexibility index (Phi) is 19.0. The third-order valence-corrected chi connectivity index (χ3v) is 12.7. The van der Waals surface area contributed by atoms with Crippen molar-refractivity contribution in [2.45, 2.75) is 145 Å². The van der Waals surface area contributed by atoms with Crippen LogP contribution in [0, 0.1) is 0 Å². The Balaban J connectivity index is 0.000000356. The molecular formula is C34H66N10O3S2. The maximum Gasteiger partial charge on any atom is 0.316 e. The smallest absolute Gasteiger partial charge is 0.316 e. The summed E-state index contributed by atoms with van der Waals surface area (Å²) >= 11 is 3.85. The number of thioether (sulfide) groups is 2. The number of nitrogens with zero attached hydrogens (tertiary/aromatic N) is 1. The average molecular weight is 727 g/mol. The van der Waals surface area contributed by atoms with Crippen LogP contribution >= 0.6 is 23.5 Å². The van der Waals surface area contributed by atoms with Crippen molar-refractivity contribution in [3.8, 4) is 0 Å². The Morgan fingerprint density at radius 1 is 1.00 bits per heavy atom. The van der Waals surface area contributed by atoms with E-state index in [0.29, 0.717) is 30.7 Å². The Morgan fingerprint density at radius 3 is 2.41 bits per heavy atom. The molecule has 4 amide bonds. The minimum atomic E-state index is -0.578. The molecular weight excluding hydrogens is 661 g/mol. The Bertz CT molecular complexity index is 1080. The highest BCUT2D eigenvalue weighted by Crippen LogP contribution is 2.41. The largest absolute Gasteiger partial charge is 0.366 e. The van der Waals surface area contributed by atoms with Crippen molar-refractivity contribution in [3.05, 3.63) is 24.7 Å². The summed E-state index contributed by atoms with van der Waals surface area (Å²) in [7, 11) is 0. The van der Waals surface area contributed by atoms with Gasteiger partial charge in [0.1, 0.15) is 5.66 Å². The number of amides is 4. The first-order valence-corrected chi connectivity index (χ1v) is 20.3. The molecule has 0 aliphatic carbocycles. The standard InChI is InChI=1S/C21H39N5O2S.C11H21N5OS.C2H6/c1-4-18(27)23-13-9-5-6-10-14-26(22)19(28)12-8-7-11-17-20-21(3,15-29-17)25-16(2)24-20;1-7(16-13)4-2-3-5-9-11(12)8(6-18-9)14-10(17)15-11;1-2/h17,20,24-25H,2,4-15,22H2,1,3H3,(H,23,27);8-9,16H,1-6,12-13H2,(H2,14,15,17);1-2H3/t17?,20-,21+;8-,9?,11-;/m10./s1. The van der Waals surface area contributed by atoms with Crippen molar-refractivity contribution in [2.75, 3.05) is 24.6 Å². The number of hydrazine groups is 2. The number of rotatable bonds is 19. The van der Waals surface area contributed by atoms with Crippen LogP contribution < -0.4 is 49.4 Å². The molecule has 4 rings (SSSR count). The van der Waals surface area contributed by atoms with Gasteiger partial charge in [0.15, 0.2) is 0 Å². The zero-order valence-electron chi connectivity index (χ0n) is 30.5. The monoisotopic (exact) mass is 726 g/mol. The predicted octanol–water partition coefficient (Wildman–Crippen LogP) is 3.24. The first-order valence-electron chi connectivity index (χ1n) is 18.2. The Labute approximate surface area is 303 Å². The van der Waals surface area contributed by atoms with Crippen LogP contribution in [0.15, 0.2) is 24.7 Å². The number of carbonyl (C=O) groups excluding carboxylic acids is 3. The fraction of sp³-hybridized carbons (Fsp3) is 0.794. The highest BCUT2D eigenvalue weighted by molar-refractivity contribution is 8.00. The number of hydrogen-bond donors (Lipinski definition) is 9. The highest BCUT2D eigenvalue weighted by atomic mass is 32.2. The molecule has 4 saturated heterocycles. The number of nitrogens with one attached hydrogen (secondary N) is 6. The lowest BCUT2D eigenvalue weighted by molar-refractivity contribution is -0.131. The van der Waals surface area contributed by atoms with Gasteiger partial charge in [0.2, 0.25) is 11.8 Å². The van der Waals surface area contributed by atoms with Crippen LogP contribution in [-0.2, 0) is 9.59 Å². The summed E-state index contributed by atoms with van der Waals surface area (Å²) in [5.74, 6) is 14.2. The zero-order chi connectivity index (χ0) is 36.5. The van der Waals surface area contributed by atoms with Crippen LogP contribution in [-0.4, -0.2) is 81.2 Å². The summed E-state index contributed by atoms with van der Waals surface area (Å²) in [6, 6.07) is 0.339. The van der Waals surface area contributed by atoms with Gasteiger partial charge in [-0.05, 0) is 51.9 Å². The van der Waals surface area contributed by atoms with Crippen LogP contribution in [0.1, 0.15) is 111 Å². The molecule has 15 heteroatoms. The number of urea groups is 1. The summed E-state index contributed by atoms with van der Waals surface area (Å²) in [5, 5.41) is 17.8. The fourth-order valence-corrected chi connectivity index (χ4v) is 9.88. The van der Waals surface area contributed by atoms with Crippen molar-refractivity contribution in [2.24, 2.45) is 17.4 Å². The molecule has 2 unspecified atom stereocenters. The van der Waals surface area contributed by atoms with E-state index in [4.69, 9.17) is 17.4 Å². The van der Waals surface area contributed by atoms with Crippen LogP contribution in [0.3, 0.4) is 0 Å². The normalized spacial score (nSPS) is 27.5. The Hall–Kier alpha value is -2.33. The maximum absolute atomic E-state index is 12.2. The quantitative estimate of drug-likeness (QED) is 0.0311. The fourth-order valence-electron chi connectivity index (χ4n) is 6.56. The molecule has 4 fully saturated rings. The third-order valence-electron chi connectivity index (χ3n) is 9.45. The Morgan fingerprint density at radius 2 is 1.69 bits per heavy atom. The molecule has 6 atom stereocenters. The second kappa shape index (κ2) is 21.8. The summed E-state index contributed by atoms with van der Waals surface area (Å²) in [6.45, 7) is 17.2. The van der Waals surface area contributed by atoms with E-state index in [-0.39, 0.29) is 34.7 Å². The van der Waals surface area contributed by atoms with Crippen LogP contribution in [0.2, 0.25) is 0 Å². The van der Waals surface area contributed by atoms with Gasteiger partial charge in [-0.1, -0.05) is 59.6 Å². The van der Waals surface area contributed by atoms with Gasteiger partial charge in [-0.25, -0.2) is 10.6 Å². The second-order valence-electron chi connectivity index (χ2n) is 13.3. The van der Waals surface area contributed by atoms with E-state index >= 15 is 0 Å². The molecule has 0 aromatic carbocycles. The summed E-state index contributed by atoms with van der Waals surface area (Å²) in [6.07, 6.45) is 12.0. The predicted molar refractivity (Wildman–Crippen MR) is 205 cm³/mol. The van der Waals surface area contributed by atoms with Gasteiger partial charge in [0, 0.05) is 53.6 Å². The van der Waals surface area contributed by atoms with Gasteiger partial charge in [-0.3, -0.25) is 20.4 Å². The van der Waals surface area contributed by atoms with E-state index < -0.39 is 5.66 Å². The van der Waals surface area contributed by atoms with Gasteiger partial charge >= 0.3 is 6.03 Å². The molecule has 0 radical (unpaired) electrons. The van der Waals surface area contributed by atoms with Crippen molar-refractivity contribution >= 4 is 41.4 Å². The summed E-state index contributed by atoms with van der Waals surface area (Å²) < 4.78 is 0. The molecule has 0 saturated carbocycles. The van der Waals surface area contributed by atoms with Crippen molar-refractivity contribution in [1.29, 1.82) is 0 Å².